The number of carboxylic acids is 1. The molecule has 0 aliphatic carbocycles. The van der Waals surface area contributed by atoms with Gasteiger partial charge in [0.1, 0.15) is 0 Å². The van der Waals surface area contributed by atoms with Crippen molar-refractivity contribution >= 4 is 5.97 Å². The molecule has 4 nitrogen and oxygen atoms in total. The van der Waals surface area contributed by atoms with Crippen molar-refractivity contribution in [3.8, 4) is 0 Å². The Balaban J connectivity index is 4.22. The summed E-state index contributed by atoms with van der Waals surface area (Å²) in [4.78, 5) is 10.5. The molecule has 0 spiro atoms. The number of aliphatic carboxylic acids is 1. The topological polar surface area (TPSA) is 69.6 Å². The van der Waals surface area contributed by atoms with Crippen molar-refractivity contribution in [2.24, 2.45) is 5.92 Å². The van der Waals surface area contributed by atoms with Crippen LogP contribution in [0.15, 0.2) is 0 Å². The van der Waals surface area contributed by atoms with Gasteiger partial charge in [-0.2, -0.15) is 0 Å². The van der Waals surface area contributed by atoms with Crippen molar-refractivity contribution in [1.82, 2.24) is 5.32 Å². The third-order valence-corrected chi connectivity index (χ3v) is 1.47. The molecule has 3 N–H and O–H groups in total. The third-order valence-electron chi connectivity index (χ3n) is 1.47. The maximum atomic E-state index is 10.5. The summed E-state index contributed by atoms with van der Waals surface area (Å²) in [6, 6.07) is 0. The van der Waals surface area contributed by atoms with Crippen LogP contribution < -0.4 is 5.32 Å². The molecule has 66 valence electrons. The van der Waals surface area contributed by atoms with Crippen molar-refractivity contribution in [1.29, 1.82) is 0 Å². The number of likely N-dealkylation sites (N-methyl/N-ethyl adjacent to an activating group) is 1. The van der Waals surface area contributed by atoms with Crippen LogP contribution in [0, 0.1) is 5.92 Å². The summed E-state index contributed by atoms with van der Waals surface area (Å²) >= 11 is 0. The fourth-order valence-electron chi connectivity index (χ4n) is 0.887. The van der Waals surface area contributed by atoms with Gasteiger partial charge in [-0.1, -0.05) is 13.8 Å². The van der Waals surface area contributed by atoms with Crippen molar-refractivity contribution in [3.63, 3.8) is 0 Å². The van der Waals surface area contributed by atoms with Crippen LogP contribution in [0.3, 0.4) is 0 Å². The molecule has 0 radical (unpaired) electrons. The first-order valence-electron chi connectivity index (χ1n) is 3.57. The molecule has 11 heavy (non-hydrogen) atoms. The Morgan fingerprint density at radius 2 is 2.09 bits per heavy atom. The Kier molecular flexibility index (Phi) is 3.48. The fourth-order valence-corrected chi connectivity index (χ4v) is 0.887. The van der Waals surface area contributed by atoms with E-state index in [2.05, 4.69) is 5.32 Å². The summed E-state index contributed by atoms with van der Waals surface area (Å²) in [5, 5.41) is 20.3. The summed E-state index contributed by atoms with van der Waals surface area (Å²) in [6.45, 7) is 3.70. The molecule has 0 aromatic carbocycles. The number of rotatable bonds is 4. The number of aliphatic hydroxyl groups is 1. The van der Waals surface area contributed by atoms with Gasteiger partial charge in [0, 0.05) is 6.42 Å². The molecule has 0 fully saturated rings. The highest BCUT2D eigenvalue weighted by molar-refractivity contribution is 5.76. The number of carbonyl (C=O) groups is 1. The molecule has 0 rings (SSSR count). The lowest BCUT2D eigenvalue weighted by Crippen LogP contribution is -2.51. The standard InChI is InChI=1S/C7H15NO3/c1-5(2)4-7(11,8-3)6(9)10/h5,8,11H,4H2,1-3H3,(H,9,10). The molecule has 0 aliphatic heterocycles. The molecule has 0 saturated heterocycles. The van der Waals surface area contributed by atoms with E-state index in [0.29, 0.717) is 0 Å². The highest BCUT2D eigenvalue weighted by atomic mass is 16.4. The lowest BCUT2D eigenvalue weighted by molar-refractivity contribution is -0.163. The smallest absolute Gasteiger partial charge is 0.351 e. The maximum absolute atomic E-state index is 10.5. The van der Waals surface area contributed by atoms with Crippen LogP contribution in [0.5, 0.6) is 0 Å². The van der Waals surface area contributed by atoms with Gasteiger partial charge < -0.3 is 10.2 Å². The highest BCUT2D eigenvalue weighted by Gasteiger charge is 2.34. The Bertz CT molecular complexity index is 147. The van der Waals surface area contributed by atoms with Crippen LogP contribution in [0.4, 0.5) is 0 Å². The molecular formula is C7H15NO3. The average molecular weight is 161 g/mol. The molecule has 0 aromatic heterocycles. The first kappa shape index (κ1) is 10.4. The highest BCUT2D eigenvalue weighted by Crippen LogP contribution is 2.13. The summed E-state index contributed by atoms with van der Waals surface area (Å²) in [6.07, 6.45) is 0.207. The SMILES string of the molecule is CNC(O)(CC(C)C)C(=O)O. The lowest BCUT2D eigenvalue weighted by atomic mass is 10.0. The zero-order valence-corrected chi connectivity index (χ0v) is 7.09. The average Bonchev–Trinajstić information content (AvgIpc) is 1.86. The Morgan fingerprint density at radius 3 is 2.18 bits per heavy atom. The molecule has 1 atom stereocenters. The monoisotopic (exact) mass is 161 g/mol. The van der Waals surface area contributed by atoms with E-state index in [1.165, 1.54) is 7.05 Å². The van der Waals surface area contributed by atoms with Gasteiger partial charge in [-0.25, -0.2) is 4.79 Å². The lowest BCUT2D eigenvalue weighted by Gasteiger charge is -2.24. The first-order chi connectivity index (χ1) is 4.92. The van der Waals surface area contributed by atoms with Crippen LogP contribution in [-0.2, 0) is 4.79 Å². The molecule has 0 amide bonds. The zero-order chi connectivity index (χ0) is 9.07. The van der Waals surface area contributed by atoms with E-state index in [0.717, 1.165) is 0 Å². The summed E-state index contributed by atoms with van der Waals surface area (Å²) in [5.41, 5.74) is -1.77. The summed E-state index contributed by atoms with van der Waals surface area (Å²) < 4.78 is 0. The molecule has 1 unspecified atom stereocenters. The molecular weight excluding hydrogens is 146 g/mol. The van der Waals surface area contributed by atoms with E-state index in [1.807, 2.05) is 13.8 Å². The van der Waals surface area contributed by atoms with Crippen molar-refractivity contribution in [2.75, 3.05) is 7.05 Å². The van der Waals surface area contributed by atoms with Crippen molar-refractivity contribution in [2.45, 2.75) is 26.0 Å². The van der Waals surface area contributed by atoms with E-state index in [1.54, 1.807) is 0 Å². The Labute approximate surface area is 66.2 Å². The number of carboxylic acid groups (broad SMARTS) is 1. The van der Waals surface area contributed by atoms with Gasteiger partial charge in [0.05, 0.1) is 0 Å². The first-order valence-corrected chi connectivity index (χ1v) is 3.57. The quantitative estimate of drug-likeness (QED) is 0.508. The molecule has 4 heteroatoms. The second-order valence-electron chi connectivity index (χ2n) is 3.01. The minimum absolute atomic E-state index is 0.142. The van der Waals surface area contributed by atoms with E-state index in [4.69, 9.17) is 5.11 Å². The zero-order valence-electron chi connectivity index (χ0n) is 7.09. The second kappa shape index (κ2) is 3.69. The number of hydrogen-bond donors (Lipinski definition) is 3. The van der Waals surface area contributed by atoms with Gasteiger partial charge in [0.15, 0.2) is 0 Å². The van der Waals surface area contributed by atoms with Crippen LogP contribution >= 0.6 is 0 Å². The van der Waals surface area contributed by atoms with Gasteiger partial charge in [0.25, 0.3) is 0 Å². The summed E-state index contributed by atoms with van der Waals surface area (Å²) in [5.74, 6) is -1.09. The Hall–Kier alpha value is -0.610. The summed E-state index contributed by atoms with van der Waals surface area (Å²) in [7, 11) is 1.43. The normalized spacial score (nSPS) is 16.5. The molecule has 0 saturated carbocycles. The van der Waals surface area contributed by atoms with Crippen LogP contribution in [0.1, 0.15) is 20.3 Å². The van der Waals surface area contributed by atoms with E-state index >= 15 is 0 Å². The van der Waals surface area contributed by atoms with Crippen molar-refractivity contribution < 1.29 is 15.0 Å². The molecule has 0 bridgehead atoms. The van der Waals surface area contributed by atoms with Gasteiger partial charge in [-0.05, 0) is 13.0 Å². The third kappa shape index (κ3) is 2.86. The molecule has 0 aromatic rings. The largest absolute Gasteiger partial charge is 0.478 e. The van der Waals surface area contributed by atoms with Crippen LogP contribution in [0.2, 0.25) is 0 Å². The predicted octanol–water partition coefficient (Wildman–Crippen LogP) is 0.0251. The molecule has 0 aliphatic rings. The van der Waals surface area contributed by atoms with E-state index in [9.17, 15) is 9.90 Å². The number of hydrogen-bond acceptors (Lipinski definition) is 3. The van der Waals surface area contributed by atoms with E-state index in [-0.39, 0.29) is 12.3 Å². The van der Waals surface area contributed by atoms with Gasteiger partial charge in [-0.3, -0.25) is 5.32 Å². The van der Waals surface area contributed by atoms with Crippen molar-refractivity contribution in [3.05, 3.63) is 0 Å². The predicted molar refractivity (Wildman–Crippen MR) is 41.1 cm³/mol. The Morgan fingerprint density at radius 1 is 1.64 bits per heavy atom. The molecule has 0 heterocycles. The fraction of sp³-hybridized carbons (Fsp3) is 0.857. The van der Waals surface area contributed by atoms with Crippen LogP contribution in [-0.4, -0.2) is 29.0 Å². The van der Waals surface area contributed by atoms with Gasteiger partial charge in [0.2, 0.25) is 5.72 Å². The van der Waals surface area contributed by atoms with E-state index < -0.39 is 11.7 Å². The maximum Gasteiger partial charge on any atom is 0.351 e. The van der Waals surface area contributed by atoms with Gasteiger partial charge >= 0.3 is 5.97 Å². The minimum atomic E-state index is -1.77. The minimum Gasteiger partial charge on any atom is -0.478 e. The number of nitrogens with one attached hydrogen (secondary N) is 1. The van der Waals surface area contributed by atoms with Gasteiger partial charge in [-0.15, -0.1) is 0 Å². The van der Waals surface area contributed by atoms with Crippen LogP contribution in [0.25, 0.3) is 0 Å². The second-order valence-corrected chi connectivity index (χ2v) is 3.01.